The van der Waals surface area contributed by atoms with Crippen LogP contribution in [0.15, 0.2) is 59.5 Å². The number of hydrogen-bond acceptors (Lipinski definition) is 4. The lowest BCUT2D eigenvalue weighted by molar-refractivity contribution is -0.138. The molecule has 5 nitrogen and oxygen atoms in total. The molecule has 1 unspecified atom stereocenters. The number of hydrogen-bond donors (Lipinski definition) is 0. The molecule has 134 valence electrons. The van der Waals surface area contributed by atoms with Gasteiger partial charge < -0.3 is 14.5 Å². The van der Waals surface area contributed by atoms with Gasteiger partial charge in [-0.15, -0.1) is 11.8 Å². The van der Waals surface area contributed by atoms with Gasteiger partial charge in [-0.2, -0.15) is 0 Å². The van der Waals surface area contributed by atoms with E-state index >= 15 is 0 Å². The van der Waals surface area contributed by atoms with E-state index in [4.69, 9.17) is 4.74 Å². The average molecular weight is 368 g/mol. The fourth-order valence-electron chi connectivity index (χ4n) is 3.31. The molecular weight excluding hydrogens is 348 g/mol. The second kappa shape index (κ2) is 7.51. The molecule has 6 heteroatoms. The molecule has 2 heterocycles. The van der Waals surface area contributed by atoms with Crippen molar-refractivity contribution in [3.05, 3.63) is 60.2 Å². The van der Waals surface area contributed by atoms with E-state index < -0.39 is 0 Å². The van der Waals surface area contributed by atoms with E-state index in [1.165, 1.54) is 11.8 Å². The first-order chi connectivity index (χ1) is 12.7. The third-order valence-electron chi connectivity index (χ3n) is 4.69. The summed E-state index contributed by atoms with van der Waals surface area (Å²) >= 11 is 1.52. The Morgan fingerprint density at radius 1 is 1.12 bits per heavy atom. The van der Waals surface area contributed by atoms with Crippen molar-refractivity contribution in [1.82, 2.24) is 4.90 Å². The summed E-state index contributed by atoms with van der Waals surface area (Å²) in [7, 11) is 0. The predicted molar refractivity (Wildman–Crippen MR) is 101 cm³/mol. The van der Waals surface area contributed by atoms with Gasteiger partial charge in [-0.3, -0.25) is 9.59 Å². The summed E-state index contributed by atoms with van der Waals surface area (Å²) in [5.41, 5.74) is 1.90. The highest BCUT2D eigenvalue weighted by molar-refractivity contribution is 8.00. The molecule has 1 atom stereocenters. The molecule has 26 heavy (non-hydrogen) atoms. The van der Waals surface area contributed by atoms with Crippen LogP contribution in [0.4, 0.5) is 5.69 Å². The molecule has 0 radical (unpaired) electrons. The van der Waals surface area contributed by atoms with E-state index in [1.807, 2.05) is 54.6 Å². The minimum absolute atomic E-state index is 0.0186. The maximum atomic E-state index is 12.9. The van der Waals surface area contributed by atoms with Gasteiger partial charge in [0.2, 0.25) is 11.8 Å². The lowest BCUT2D eigenvalue weighted by atomic mass is 10.1. The van der Waals surface area contributed by atoms with Gasteiger partial charge in [0.1, 0.15) is 12.6 Å². The van der Waals surface area contributed by atoms with Gasteiger partial charge in [0.05, 0.1) is 24.6 Å². The Morgan fingerprint density at radius 3 is 2.73 bits per heavy atom. The van der Waals surface area contributed by atoms with Crippen molar-refractivity contribution in [3.63, 3.8) is 0 Å². The number of morpholine rings is 1. The van der Waals surface area contributed by atoms with Crippen molar-refractivity contribution in [3.8, 4) is 0 Å². The molecule has 0 aliphatic carbocycles. The molecule has 1 fully saturated rings. The van der Waals surface area contributed by atoms with Crippen molar-refractivity contribution >= 4 is 29.3 Å². The fraction of sp³-hybridized carbons (Fsp3) is 0.300. The van der Waals surface area contributed by atoms with Crippen molar-refractivity contribution in [1.29, 1.82) is 0 Å². The Kier molecular flexibility index (Phi) is 4.95. The van der Waals surface area contributed by atoms with Crippen molar-refractivity contribution in [2.45, 2.75) is 11.0 Å². The Hall–Kier alpha value is -2.31. The third kappa shape index (κ3) is 3.48. The lowest BCUT2D eigenvalue weighted by Gasteiger charge is -2.35. The molecule has 0 aromatic heterocycles. The molecule has 4 rings (SSSR count). The second-order valence-corrected chi connectivity index (χ2v) is 7.36. The number of nitrogens with zero attached hydrogens (tertiary/aromatic N) is 2. The normalized spacial score (nSPS) is 20.0. The van der Waals surface area contributed by atoms with Crippen LogP contribution < -0.4 is 4.90 Å². The number of ether oxygens (including phenoxy) is 1. The van der Waals surface area contributed by atoms with Crippen molar-refractivity contribution in [2.24, 2.45) is 0 Å². The van der Waals surface area contributed by atoms with Crippen LogP contribution in [-0.2, 0) is 14.3 Å². The third-order valence-corrected chi connectivity index (χ3v) is 5.74. The summed E-state index contributed by atoms with van der Waals surface area (Å²) in [6.07, 6.45) is -0.117. The van der Waals surface area contributed by atoms with Crippen LogP contribution in [0, 0.1) is 0 Å². The molecular formula is C20H20N2O3S. The quantitative estimate of drug-likeness (QED) is 0.836. The zero-order valence-electron chi connectivity index (χ0n) is 14.3. The fourth-order valence-corrected chi connectivity index (χ4v) is 4.24. The van der Waals surface area contributed by atoms with Crippen LogP contribution in [0.25, 0.3) is 0 Å². The number of rotatable bonds is 3. The highest BCUT2D eigenvalue weighted by Gasteiger charge is 2.30. The molecule has 0 N–H and O–H groups in total. The number of anilines is 1. The number of carbonyl (C=O) groups excluding carboxylic acids is 2. The van der Waals surface area contributed by atoms with Crippen LogP contribution in [0.2, 0.25) is 0 Å². The van der Waals surface area contributed by atoms with Gasteiger partial charge >= 0.3 is 0 Å². The largest absolute Gasteiger partial charge is 0.370 e. The Labute approximate surface area is 156 Å². The van der Waals surface area contributed by atoms with E-state index in [2.05, 4.69) is 0 Å². The number of fused-ring (bicyclic) bond motifs is 1. The van der Waals surface area contributed by atoms with Crippen molar-refractivity contribution in [2.75, 3.05) is 36.9 Å². The van der Waals surface area contributed by atoms with Gasteiger partial charge in [0.25, 0.3) is 0 Å². The topological polar surface area (TPSA) is 49.9 Å². The SMILES string of the molecule is O=C(CN1C(=O)CSc2ccccc21)N1CCOC(c2ccccc2)C1. The van der Waals surface area contributed by atoms with Gasteiger partial charge in [0.15, 0.2) is 0 Å². The second-order valence-electron chi connectivity index (χ2n) is 6.35. The maximum Gasteiger partial charge on any atom is 0.242 e. The number of amides is 2. The summed E-state index contributed by atoms with van der Waals surface area (Å²) in [5.74, 6) is 0.319. The molecule has 2 aliphatic heterocycles. The number of benzene rings is 2. The summed E-state index contributed by atoms with van der Waals surface area (Å²) in [5, 5.41) is 0. The van der Waals surface area contributed by atoms with Crippen molar-refractivity contribution < 1.29 is 14.3 Å². The van der Waals surface area contributed by atoms with E-state index in [0.29, 0.717) is 25.4 Å². The first-order valence-corrected chi connectivity index (χ1v) is 9.67. The van der Waals surface area contributed by atoms with Gasteiger partial charge in [-0.05, 0) is 17.7 Å². The zero-order valence-corrected chi connectivity index (χ0v) is 15.2. The molecule has 2 amide bonds. The highest BCUT2D eigenvalue weighted by Crippen LogP contribution is 2.35. The zero-order chi connectivity index (χ0) is 17.9. The summed E-state index contributed by atoms with van der Waals surface area (Å²) in [6, 6.07) is 17.7. The Morgan fingerprint density at radius 2 is 1.88 bits per heavy atom. The Balaban J connectivity index is 1.47. The summed E-state index contributed by atoms with van der Waals surface area (Å²) < 4.78 is 5.83. The molecule has 0 saturated carbocycles. The number of para-hydroxylation sites is 1. The van der Waals surface area contributed by atoms with Crippen LogP contribution in [-0.4, -0.2) is 48.7 Å². The lowest BCUT2D eigenvalue weighted by Crippen LogP contribution is -2.49. The van der Waals surface area contributed by atoms with Crippen LogP contribution in [0.1, 0.15) is 11.7 Å². The molecule has 2 aliphatic rings. The first kappa shape index (κ1) is 17.1. The van der Waals surface area contributed by atoms with Crippen LogP contribution in [0.3, 0.4) is 0 Å². The average Bonchev–Trinajstić information content (AvgIpc) is 2.71. The maximum absolute atomic E-state index is 12.9. The molecule has 2 aromatic carbocycles. The molecule has 0 bridgehead atoms. The standard InChI is InChI=1S/C20H20N2O3S/c23-19(13-22-16-8-4-5-9-18(16)26-14-20(22)24)21-10-11-25-17(12-21)15-6-2-1-3-7-15/h1-9,17H,10-14H2. The number of thioether (sulfide) groups is 1. The van der Waals surface area contributed by atoms with Gasteiger partial charge in [-0.25, -0.2) is 0 Å². The van der Waals surface area contributed by atoms with E-state index in [9.17, 15) is 9.59 Å². The Bertz CT molecular complexity index is 812. The van der Waals surface area contributed by atoms with E-state index in [-0.39, 0.29) is 24.5 Å². The minimum Gasteiger partial charge on any atom is -0.370 e. The summed E-state index contributed by atoms with van der Waals surface area (Å²) in [6.45, 7) is 1.66. The monoisotopic (exact) mass is 368 g/mol. The minimum atomic E-state index is -0.117. The van der Waals surface area contributed by atoms with Crippen LogP contribution >= 0.6 is 11.8 Å². The predicted octanol–water partition coefficient (Wildman–Crippen LogP) is 2.73. The van der Waals surface area contributed by atoms with Gasteiger partial charge in [-0.1, -0.05) is 42.5 Å². The van der Waals surface area contributed by atoms with E-state index in [0.717, 1.165) is 16.1 Å². The molecule has 0 spiro atoms. The summed E-state index contributed by atoms with van der Waals surface area (Å²) in [4.78, 5) is 29.7. The first-order valence-electron chi connectivity index (χ1n) is 8.69. The number of carbonyl (C=O) groups is 2. The molecule has 1 saturated heterocycles. The highest BCUT2D eigenvalue weighted by atomic mass is 32.2. The van der Waals surface area contributed by atoms with E-state index in [1.54, 1.807) is 9.80 Å². The molecule has 2 aromatic rings. The van der Waals surface area contributed by atoms with Crippen LogP contribution in [0.5, 0.6) is 0 Å². The smallest absolute Gasteiger partial charge is 0.242 e. The van der Waals surface area contributed by atoms with Gasteiger partial charge in [0, 0.05) is 11.4 Å².